The lowest BCUT2D eigenvalue weighted by Crippen LogP contribution is -2.37. The molecular formula is C34H41F4N7O6S. The Hall–Kier alpha value is -5.10. The Morgan fingerprint density at radius 3 is 2.37 bits per heavy atom. The van der Waals surface area contributed by atoms with Crippen molar-refractivity contribution >= 4 is 51.1 Å². The highest BCUT2D eigenvalue weighted by Crippen LogP contribution is 2.39. The normalized spacial score (nSPS) is 13.2. The van der Waals surface area contributed by atoms with Crippen LogP contribution in [-0.2, 0) is 25.3 Å². The number of alkyl halides is 3. The van der Waals surface area contributed by atoms with Gasteiger partial charge >= 0.3 is 12.1 Å². The van der Waals surface area contributed by atoms with Gasteiger partial charge in [-0.25, -0.2) is 28.3 Å². The van der Waals surface area contributed by atoms with E-state index in [0.717, 1.165) is 19.3 Å². The number of carboxylic acid groups (broad SMARTS) is 1. The average molecular weight is 752 g/mol. The number of nitrogens with zero attached hydrogens (tertiary/aromatic N) is 4. The van der Waals surface area contributed by atoms with Gasteiger partial charge in [-0.05, 0) is 42.3 Å². The summed E-state index contributed by atoms with van der Waals surface area (Å²) in [6, 6.07) is 11.7. The van der Waals surface area contributed by atoms with Crippen LogP contribution in [0.4, 0.5) is 34.9 Å². The standard InChI is InChI=1S/C30H34FN7O4S.C2HF3O2.C2H6/c1-2-3-4-14-43(40)37-23-7-5-6-21(27(23)31)20-15-22-28(24(16-20)42-18-26(33)39)35-29(19-8-9-25(32)34-17-19)36-30(22)38-10-12-41-13-11-38;3-2(4,5)1(6)7;1-2/h5-9,15-17,37H,2-4,10-14,18H2,1H3,(H2,32,34)(H2,33,39);(H,6,7);1-2H3. The first-order valence-electron chi connectivity index (χ1n) is 16.3. The van der Waals surface area contributed by atoms with Crippen molar-refractivity contribution < 1.29 is 45.9 Å². The zero-order valence-electron chi connectivity index (χ0n) is 28.8. The molecule has 3 heterocycles. The fourth-order valence-electron chi connectivity index (χ4n) is 4.77. The minimum atomic E-state index is -5.08. The minimum absolute atomic E-state index is 0.128. The second kappa shape index (κ2) is 19.5. The van der Waals surface area contributed by atoms with Crippen molar-refractivity contribution in [1.82, 2.24) is 15.0 Å². The molecule has 2 aromatic carbocycles. The van der Waals surface area contributed by atoms with Crippen molar-refractivity contribution in [2.24, 2.45) is 5.73 Å². The highest BCUT2D eigenvalue weighted by Gasteiger charge is 2.38. The van der Waals surface area contributed by atoms with Gasteiger partial charge < -0.3 is 35.7 Å². The molecule has 0 bridgehead atoms. The summed E-state index contributed by atoms with van der Waals surface area (Å²) in [6.45, 7) is 7.82. The van der Waals surface area contributed by atoms with Crippen molar-refractivity contribution in [2.75, 3.05) is 54.0 Å². The number of carbonyl (C=O) groups excluding carboxylic acids is 1. The largest absolute Gasteiger partial charge is 0.490 e. The third-order valence-corrected chi connectivity index (χ3v) is 8.29. The van der Waals surface area contributed by atoms with Crippen LogP contribution in [0, 0.1) is 5.82 Å². The first-order valence-corrected chi connectivity index (χ1v) is 17.7. The number of ether oxygens (including phenoxy) is 2. The van der Waals surface area contributed by atoms with E-state index in [4.69, 9.17) is 40.8 Å². The molecule has 13 nitrogen and oxygen atoms in total. The molecule has 1 aliphatic rings. The van der Waals surface area contributed by atoms with Crippen LogP contribution >= 0.6 is 0 Å². The Morgan fingerprint density at radius 1 is 1.08 bits per heavy atom. The summed E-state index contributed by atoms with van der Waals surface area (Å²) in [5.74, 6) is -2.02. The molecule has 5 rings (SSSR count). The predicted octanol–water partition coefficient (Wildman–Crippen LogP) is 5.71. The molecule has 2 aromatic heterocycles. The van der Waals surface area contributed by atoms with Gasteiger partial charge in [0.15, 0.2) is 18.2 Å². The highest BCUT2D eigenvalue weighted by atomic mass is 32.2. The second-order valence-electron chi connectivity index (χ2n) is 10.9. The number of pyridine rings is 1. The number of anilines is 3. The quantitative estimate of drug-likeness (QED) is 0.102. The summed E-state index contributed by atoms with van der Waals surface area (Å²) < 4.78 is 74.5. The lowest BCUT2D eigenvalue weighted by atomic mass is 10.0. The molecule has 1 amide bonds. The van der Waals surface area contributed by atoms with Crippen LogP contribution in [0.15, 0.2) is 48.7 Å². The number of rotatable bonds is 12. The Kier molecular flexibility index (Phi) is 15.5. The number of amides is 1. The molecule has 1 aliphatic heterocycles. The Balaban J connectivity index is 0.000000726. The number of benzene rings is 2. The van der Waals surface area contributed by atoms with Gasteiger partial charge in [-0.15, -0.1) is 0 Å². The molecule has 1 unspecified atom stereocenters. The number of aromatic nitrogens is 3. The zero-order valence-corrected chi connectivity index (χ0v) is 29.7. The average Bonchev–Trinajstić information content (AvgIpc) is 3.12. The summed E-state index contributed by atoms with van der Waals surface area (Å²) in [4.78, 5) is 36.5. The van der Waals surface area contributed by atoms with E-state index in [9.17, 15) is 22.2 Å². The summed E-state index contributed by atoms with van der Waals surface area (Å²) in [7, 11) is -1.43. The summed E-state index contributed by atoms with van der Waals surface area (Å²) >= 11 is 0. The number of hydrogen-bond acceptors (Lipinski definition) is 10. The number of nitrogen functional groups attached to an aromatic ring is 1. The van der Waals surface area contributed by atoms with Crippen molar-refractivity contribution in [3.8, 4) is 28.3 Å². The molecule has 0 aliphatic carbocycles. The first-order chi connectivity index (χ1) is 24.8. The lowest BCUT2D eigenvalue weighted by Gasteiger charge is -2.29. The van der Waals surface area contributed by atoms with E-state index >= 15 is 4.39 Å². The first kappa shape index (κ1) is 41.3. The molecule has 282 valence electrons. The Labute approximate surface area is 300 Å². The zero-order chi connectivity index (χ0) is 38.4. The molecule has 1 saturated heterocycles. The van der Waals surface area contributed by atoms with Crippen molar-refractivity contribution in [2.45, 2.75) is 46.2 Å². The molecule has 52 heavy (non-hydrogen) atoms. The van der Waals surface area contributed by atoms with Crippen LogP contribution in [0.3, 0.4) is 0 Å². The van der Waals surface area contributed by atoms with Crippen molar-refractivity contribution in [1.29, 1.82) is 0 Å². The monoisotopic (exact) mass is 751 g/mol. The van der Waals surface area contributed by atoms with Crippen LogP contribution in [0.25, 0.3) is 33.4 Å². The SMILES string of the molecule is CC.CCCCCS(=O)Nc1cccc(-c2cc(OCC(N)=O)c3nc(-c4ccc(N)nc4)nc(N4CCOCC4)c3c2)c1F.O=C(O)C(F)(F)F. The number of aliphatic carboxylic acids is 1. The topological polar surface area (TPSA) is 196 Å². The van der Waals surface area contributed by atoms with Crippen molar-refractivity contribution in [3.05, 3.63) is 54.5 Å². The second-order valence-corrected chi connectivity index (χ2v) is 12.2. The third kappa shape index (κ3) is 11.5. The molecule has 0 spiro atoms. The van der Waals surface area contributed by atoms with Gasteiger partial charge in [-0.1, -0.05) is 45.7 Å². The van der Waals surface area contributed by atoms with E-state index in [2.05, 4.69) is 21.5 Å². The van der Waals surface area contributed by atoms with E-state index < -0.39 is 41.5 Å². The summed E-state index contributed by atoms with van der Waals surface area (Å²) in [5.41, 5.74) is 13.1. The van der Waals surface area contributed by atoms with Crippen LogP contribution in [0.5, 0.6) is 5.75 Å². The number of morpholine rings is 1. The smallest absolute Gasteiger partial charge is 0.481 e. The van der Waals surface area contributed by atoms with Gasteiger partial charge in [0.2, 0.25) is 0 Å². The number of nitrogens with two attached hydrogens (primary N) is 2. The summed E-state index contributed by atoms with van der Waals surface area (Å²) in [5, 5.41) is 7.71. The molecule has 4 aromatic rings. The maximum Gasteiger partial charge on any atom is 0.490 e. The maximum absolute atomic E-state index is 15.9. The molecule has 0 saturated carbocycles. The number of fused-ring (bicyclic) bond motifs is 1. The van der Waals surface area contributed by atoms with Crippen LogP contribution in [0.1, 0.15) is 40.0 Å². The number of carbonyl (C=O) groups is 2. The fraction of sp³-hybridized carbons (Fsp3) is 0.382. The van der Waals surface area contributed by atoms with Crippen LogP contribution < -0.4 is 25.8 Å². The minimum Gasteiger partial charge on any atom is -0.481 e. The Morgan fingerprint density at radius 2 is 1.77 bits per heavy atom. The van der Waals surface area contributed by atoms with E-state index in [-0.39, 0.29) is 17.0 Å². The molecule has 1 atom stereocenters. The molecule has 6 N–H and O–H groups in total. The number of halogens is 4. The van der Waals surface area contributed by atoms with Gasteiger partial charge in [-0.2, -0.15) is 13.2 Å². The molecule has 18 heteroatoms. The van der Waals surface area contributed by atoms with Crippen LogP contribution in [0.2, 0.25) is 0 Å². The highest BCUT2D eigenvalue weighted by molar-refractivity contribution is 7.86. The van der Waals surface area contributed by atoms with Gasteiger partial charge in [0.05, 0.1) is 18.9 Å². The molecule has 0 radical (unpaired) electrons. The van der Waals surface area contributed by atoms with Gasteiger partial charge in [0, 0.05) is 41.6 Å². The lowest BCUT2D eigenvalue weighted by molar-refractivity contribution is -0.192. The van der Waals surface area contributed by atoms with Gasteiger partial charge in [-0.3, -0.25) is 4.79 Å². The van der Waals surface area contributed by atoms with E-state index in [0.29, 0.717) is 71.5 Å². The number of unbranched alkanes of at least 4 members (excludes halogenated alkanes) is 2. The van der Waals surface area contributed by atoms with E-state index in [1.165, 1.54) is 0 Å². The third-order valence-electron chi connectivity index (χ3n) is 7.18. The van der Waals surface area contributed by atoms with Crippen molar-refractivity contribution in [3.63, 3.8) is 0 Å². The van der Waals surface area contributed by atoms with Gasteiger partial charge in [0.1, 0.15) is 33.9 Å². The Bertz CT molecular complexity index is 1840. The fourth-order valence-corrected chi connectivity index (χ4v) is 5.74. The van der Waals surface area contributed by atoms with Gasteiger partial charge in [0.25, 0.3) is 5.91 Å². The molecule has 1 fully saturated rings. The number of carboxylic acids is 1. The summed E-state index contributed by atoms with van der Waals surface area (Å²) in [6.07, 6.45) is -0.776. The van der Waals surface area contributed by atoms with E-state index in [1.807, 2.05) is 13.8 Å². The predicted molar refractivity (Wildman–Crippen MR) is 191 cm³/mol. The number of primary amides is 1. The maximum atomic E-state index is 15.9. The van der Waals surface area contributed by atoms with E-state index in [1.54, 1.807) is 48.7 Å². The number of nitrogens with one attached hydrogen (secondary N) is 1. The number of hydrogen-bond donors (Lipinski definition) is 4. The molecular weight excluding hydrogens is 710 g/mol. The van der Waals surface area contributed by atoms with Crippen LogP contribution in [-0.4, -0.2) is 81.0 Å².